The molecule has 3 saturated heterocycles. The van der Waals surface area contributed by atoms with Crippen LogP contribution in [0.3, 0.4) is 0 Å². The number of fused-ring (bicyclic) bond motifs is 1. The van der Waals surface area contributed by atoms with Crippen LogP contribution in [0.25, 0.3) is 0 Å². The summed E-state index contributed by atoms with van der Waals surface area (Å²) >= 11 is 0. The van der Waals surface area contributed by atoms with E-state index >= 15 is 0 Å². The molecule has 0 bridgehead atoms. The van der Waals surface area contributed by atoms with Gasteiger partial charge in [0.1, 0.15) is 0 Å². The molecule has 5 rings (SSSR count). The fourth-order valence-corrected chi connectivity index (χ4v) is 5.87. The molecular weight excluding hydrogens is 406 g/mol. The minimum Gasteiger partial charge on any atom is -0.370 e. The molecule has 0 aliphatic carbocycles. The summed E-state index contributed by atoms with van der Waals surface area (Å²) < 4.78 is 8.31. The van der Waals surface area contributed by atoms with Crippen LogP contribution in [0, 0.1) is 0 Å². The second kappa shape index (κ2) is 9.14. The average Bonchev–Trinajstić information content (AvgIpc) is 3.36. The standard InChI is InChI=1S/C24H37N5O3/c1-26-20-16-24(32-18-19(20)22(25-26)23(31)29-12-6-7-13-29)8-14-28(15-9-24)21(30)17-27-10-4-2-3-5-11-27/h2-18H2,1H3. The first-order chi connectivity index (χ1) is 15.5. The third kappa shape index (κ3) is 4.31. The van der Waals surface area contributed by atoms with Gasteiger partial charge in [-0.25, -0.2) is 0 Å². The molecule has 0 unspecified atom stereocenters. The molecule has 1 aromatic heterocycles. The number of carbonyl (C=O) groups excluding carboxylic acids is 2. The van der Waals surface area contributed by atoms with Gasteiger partial charge < -0.3 is 14.5 Å². The molecule has 4 aliphatic heterocycles. The van der Waals surface area contributed by atoms with Crippen molar-refractivity contribution in [1.82, 2.24) is 24.5 Å². The van der Waals surface area contributed by atoms with Gasteiger partial charge >= 0.3 is 0 Å². The zero-order chi connectivity index (χ0) is 22.1. The number of amides is 2. The monoisotopic (exact) mass is 443 g/mol. The van der Waals surface area contributed by atoms with Gasteiger partial charge in [0.25, 0.3) is 5.91 Å². The molecule has 0 N–H and O–H groups in total. The lowest BCUT2D eigenvalue weighted by Crippen LogP contribution is -2.52. The van der Waals surface area contributed by atoms with E-state index in [0.717, 1.165) is 82.6 Å². The molecule has 2 amide bonds. The molecule has 8 nitrogen and oxygen atoms in total. The number of carbonyl (C=O) groups is 2. The second-order valence-corrected chi connectivity index (χ2v) is 10.1. The number of likely N-dealkylation sites (tertiary alicyclic amines) is 3. The largest absolute Gasteiger partial charge is 0.370 e. The lowest BCUT2D eigenvalue weighted by atomic mass is 9.83. The summed E-state index contributed by atoms with van der Waals surface area (Å²) in [6.07, 6.45) is 9.61. The number of hydrogen-bond donors (Lipinski definition) is 0. The van der Waals surface area contributed by atoms with Crippen LogP contribution in [0.2, 0.25) is 0 Å². The van der Waals surface area contributed by atoms with Crippen LogP contribution in [0.15, 0.2) is 0 Å². The summed E-state index contributed by atoms with van der Waals surface area (Å²) in [4.78, 5) is 32.1. The molecule has 1 spiro atoms. The Hall–Kier alpha value is -1.93. The molecule has 1 aromatic rings. The van der Waals surface area contributed by atoms with E-state index in [-0.39, 0.29) is 17.4 Å². The summed E-state index contributed by atoms with van der Waals surface area (Å²) in [5.74, 6) is 0.310. The molecule has 8 heteroatoms. The van der Waals surface area contributed by atoms with Crippen molar-refractivity contribution in [3.63, 3.8) is 0 Å². The molecule has 0 radical (unpaired) electrons. The molecule has 0 saturated carbocycles. The van der Waals surface area contributed by atoms with Gasteiger partial charge in [-0.1, -0.05) is 12.8 Å². The van der Waals surface area contributed by atoms with Crippen LogP contribution in [0.5, 0.6) is 0 Å². The highest BCUT2D eigenvalue weighted by molar-refractivity contribution is 5.94. The summed E-state index contributed by atoms with van der Waals surface area (Å²) in [6, 6.07) is 0. The predicted octanol–water partition coefficient (Wildman–Crippen LogP) is 1.97. The molecular formula is C24H37N5O3. The fourth-order valence-electron chi connectivity index (χ4n) is 5.87. The van der Waals surface area contributed by atoms with Crippen LogP contribution >= 0.6 is 0 Å². The number of hydrogen-bond acceptors (Lipinski definition) is 5. The van der Waals surface area contributed by atoms with E-state index in [4.69, 9.17) is 4.74 Å². The van der Waals surface area contributed by atoms with Crippen molar-refractivity contribution < 1.29 is 14.3 Å². The third-order valence-corrected chi connectivity index (χ3v) is 7.97. The van der Waals surface area contributed by atoms with Crippen LogP contribution in [-0.4, -0.2) is 87.7 Å². The van der Waals surface area contributed by atoms with Crippen molar-refractivity contribution in [2.45, 2.75) is 70.0 Å². The molecule has 4 aliphatic rings. The average molecular weight is 444 g/mol. The van der Waals surface area contributed by atoms with E-state index in [0.29, 0.717) is 18.8 Å². The highest BCUT2D eigenvalue weighted by Crippen LogP contribution is 2.37. The maximum Gasteiger partial charge on any atom is 0.274 e. The zero-order valence-electron chi connectivity index (χ0n) is 19.5. The van der Waals surface area contributed by atoms with Gasteiger partial charge in [-0.3, -0.25) is 19.2 Å². The summed E-state index contributed by atoms with van der Waals surface area (Å²) in [5.41, 5.74) is 2.43. The Morgan fingerprint density at radius 2 is 1.56 bits per heavy atom. The molecule has 5 heterocycles. The van der Waals surface area contributed by atoms with E-state index < -0.39 is 0 Å². The maximum atomic E-state index is 12.9. The van der Waals surface area contributed by atoms with Crippen LogP contribution in [0.1, 0.15) is 73.1 Å². The quantitative estimate of drug-likeness (QED) is 0.714. The molecule has 176 valence electrons. The molecule has 0 aromatic carbocycles. The maximum absolute atomic E-state index is 12.9. The Bertz CT molecular complexity index is 844. The normalized spacial score (nSPS) is 23.9. The lowest BCUT2D eigenvalue weighted by Gasteiger charge is -2.44. The number of ether oxygens (including phenoxy) is 1. The SMILES string of the molecule is Cn1nc(C(=O)N2CCCC2)c2c1CC1(CCN(C(=O)CN3CCCCCC3)CC1)OC2. The number of aryl methyl sites for hydroxylation is 1. The van der Waals surface area contributed by atoms with E-state index in [1.165, 1.54) is 25.7 Å². The van der Waals surface area contributed by atoms with Gasteiger partial charge in [0, 0.05) is 50.9 Å². The zero-order valence-corrected chi connectivity index (χ0v) is 19.5. The second-order valence-electron chi connectivity index (χ2n) is 10.1. The van der Waals surface area contributed by atoms with Gasteiger partial charge in [0.05, 0.1) is 18.8 Å². The molecule has 0 atom stereocenters. The van der Waals surface area contributed by atoms with Crippen LogP contribution < -0.4 is 0 Å². The summed E-state index contributed by atoms with van der Waals surface area (Å²) in [5, 5.41) is 4.61. The number of piperidine rings is 1. The Labute approximate surface area is 190 Å². The first-order valence-electron chi connectivity index (χ1n) is 12.5. The van der Waals surface area contributed by atoms with Gasteiger partial charge in [-0.05, 0) is 51.6 Å². The first-order valence-corrected chi connectivity index (χ1v) is 12.5. The van der Waals surface area contributed by atoms with Gasteiger partial charge in [-0.2, -0.15) is 5.10 Å². The minimum absolute atomic E-state index is 0.0489. The van der Waals surface area contributed by atoms with E-state index in [1.54, 1.807) is 0 Å². The van der Waals surface area contributed by atoms with Gasteiger partial charge in [-0.15, -0.1) is 0 Å². The van der Waals surface area contributed by atoms with Crippen molar-refractivity contribution in [3.05, 3.63) is 17.0 Å². The van der Waals surface area contributed by atoms with Crippen LogP contribution in [0.4, 0.5) is 0 Å². The number of aromatic nitrogens is 2. The lowest BCUT2D eigenvalue weighted by molar-refractivity contribution is -0.142. The molecule has 32 heavy (non-hydrogen) atoms. The Balaban J connectivity index is 1.21. The number of rotatable bonds is 3. The van der Waals surface area contributed by atoms with E-state index in [2.05, 4.69) is 10.00 Å². The smallest absolute Gasteiger partial charge is 0.274 e. The van der Waals surface area contributed by atoms with E-state index in [9.17, 15) is 9.59 Å². The van der Waals surface area contributed by atoms with Crippen molar-refractivity contribution in [2.75, 3.05) is 45.8 Å². The first kappa shape index (κ1) is 21.9. The van der Waals surface area contributed by atoms with Crippen molar-refractivity contribution in [3.8, 4) is 0 Å². The van der Waals surface area contributed by atoms with Crippen molar-refractivity contribution >= 4 is 11.8 Å². The van der Waals surface area contributed by atoms with E-state index in [1.807, 2.05) is 21.5 Å². The topological polar surface area (TPSA) is 70.9 Å². The van der Waals surface area contributed by atoms with Crippen LogP contribution in [-0.2, 0) is 29.6 Å². The fraction of sp³-hybridized carbons (Fsp3) is 0.792. The minimum atomic E-state index is -0.242. The summed E-state index contributed by atoms with van der Waals surface area (Å²) in [7, 11) is 1.94. The molecule has 3 fully saturated rings. The summed E-state index contributed by atoms with van der Waals surface area (Å²) in [6.45, 7) is 6.26. The Morgan fingerprint density at radius 1 is 0.906 bits per heavy atom. The highest BCUT2D eigenvalue weighted by Gasteiger charge is 2.43. The Morgan fingerprint density at radius 3 is 2.25 bits per heavy atom. The van der Waals surface area contributed by atoms with Gasteiger partial charge in [0.15, 0.2) is 5.69 Å². The van der Waals surface area contributed by atoms with Gasteiger partial charge in [0.2, 0.25) is 5.91 Å². The highest BCUT2D eigenvalue weighted by atomic mass is 16.5. The predicted molar refractivity (Wildman–Crippen MR) is 120 cm³/mol. The third-order valence-electron chi connectivity index (χ3n) is 7.97. The Kier molecular flexibility index (Phi) is 6.25. The van der Waals surface area contributed by atoms with Crippen molar-refractivity contribution in [2.24, 2.45) is 7.05 Å². The number of nitrogens with zero attached hydrogens (tertiary/aromatic N) is 5. The van der Waals surface area contributed by atoms with Crippen molar-refractivity contribution in [1.29, 1.82) is 0 Å².